The SMILES string of the molecule is C=CCOc1c(CN2CCC(O)(c3cccc(C)c3)CC2)cccc1OC. The minimum atomic E-state index is -0.737. The van der Waals surface area contributed by atoms with Crippen LogP contribution in [0, 0.1) is 6.92 Å². The fourth-order valence-corrected chi connectivity index (χ4v) is 3.70. The Morgan fingerprint density at radius 3 is 2.59 bits per heavy atom. The first-order valence-corrected chi connectivity index (χ1v) is 9.47. The minimum Gasteiger partial charge on any atom is -0.493 e. The molecular formula is C23H29NO3. The quantitative estimate of drug-likeness (QED) is 0.750. The van der Waals surface area contributed by atoms with Crippen molar-refractivity contribution in [3.63, 3.8) is 0 Å². The molecule has 0 aromatic heterocycles. The number of hydrogen-bond acceptors (Lipinski definition) is 4. The number of hydrogen-bond donors (Lipinski definition) is 1. The van der Waals surface area contributed by atoms with Gasteiger partial charge in [0.2, 0.25) is 0 Å². The summed E-state index contributed by atoms with van der Waals surface area (Å²) in [5.74, 6) is 1.52. The Bertz CT molecular complexity index is 779. The molecule has 0 radical (unpaired) electrons. The van der Waals surface area contributed by atoms with Gasteiger partial charge < -0.3 is 14.6 Å². The summed E-state index contributed by atoms with van der Waals surface area (Å²) in [4.78, 5) is 2.36. The number of aliphatic hydroxyl groups is 1. The van der Waals surface area contributed by atoms with Crippen molar-refractivity contribution in [3.05, 3.63) is 71.8 Å². The van der Waals surface area contributed by atoms with Crippen molar-refractivity contribution in [1.82, 2.24) is 4.90 Å². The van der Waals surface area contributed by atoms with Crippen LogP contribution in [0.15, 0.2) is 55.1 Å². The molecule has 0 aliphatic carbocycles. The fourth-order valence-electron chi connectivity index (χ4n) is 3.70. The van der Waals surface area contributed by atoms with Gasteiger partial charge in [-0.15, -0.1) is 0 Å². The van der Waals surface area contributed by atoms with Crippen molar-refractivity contribution in [2.75, 3.05) is 26.8 Å². The van der Waals surface area contributed by atoms with Gasteiger partial charge in [0.25, 0.3) is 0 Å². The smallest absolute Gasteiger partial charge is 0.166 e. The molecule has 1 aliphatic heterocycles. The molecule has 0 atom stereocenters. The van der Waals surface area contributed by atoms with E-state index in [9.17, 15) is 5.11 Å². The predicted molar refractivity (Wildman–Crippen MR) is 108 cm³/mol. The van der Waals surface area contributed by atoms with E-state index in [-0.39, 0.29) is 0 Å². The number of likely N-dealkylation sites (tertiary alicyclic amines) is 1. The number of piperidine rings is 1. The van der Waals surface area contributed by atoms with Crippen LogP contribution in [0.3, 0.4) is 0 Å². The molecule has 144 valence electrons. The highest BCUT2D eigenvalue weighted by molar-refractivity contribution is 5.46. The second kappa shape index (κ2) is 8.59. The van der Waals surface area contributed by atoms with E-state index in [2.05, 4.69) is 36.6 Å². The van der Waals surface area contributed by atoms with Crippen LogP contribution in [0.4, 0.5) is 0 Å². The van der Waals surface area contributed by atoms with E-state index < -0.39 is 5.60 Å². The highest BCUT2D eigenvalue weighted by atomic mass is 16.5. The van der Waals surface area contributed by atoms with Gasteiger partial charge in [0.05, 0.1) is 12.7 Å². The van der Waals surface area contributed by atoms with Crippen LogP contribution < -0.4 is 9.47 Å². The van der Waals surface area contributed by atoms with Gasteiger partial charge in [-0.1, -0.05) is 54.6 Å². The van der Waals surface area contributed by atoms with Crippen molar-refractivity contribution in [3.8, 4) is 11.5 Å². The lowest BCUT2D eigenvalue weighted by molar-refractivity contribution is -0.0279. The summed E-state index contributed by atoms with van der Waals surface area (Å²) in [7, 11) is 1.66. The topological polar surface area (TPSA) is 41.9 Å². The number of methoxy groups -OCH3 is 1. The van der Waals surface area contributed by atoms with Gasteiger partial charge in [0.15, 0.2) is 11.5 Å². The maximum atomic E-state index is 11.1. The van der Waals surface area contributed by atoms with Gasteiger partial charge in [0, 0.05) is 25.2 Å². The molecule has 1 heterocycles. The van der Waals surface area contributed by atoms with E-state index >= 15 is 0 Å². The van der Waals surface area contributed by atoms with Gasteiger partial charge in [-0.25, -0.2) is 0 Å². The zero-order chi connectivity index (χ0) is 19.3. The Morgan fingerprint density at radius 2 is 1.93 bits per heavy atom. The summed E-state index contributed by atoms with van der Waals surface area (Å²) in [6.07, 6.45) is 3.19. The normalized spacial score (nSPS) is 16.7. The van der Waals surface area contributed by atoms with Crippen LogP contribution >= 0.6 is 0 Å². The third kappa shape index (κ3) is 4.52. The lowest BCUT2D eigenvalue weighted by Gasteiger charge is -2.39. The molecule has 0 bridgehead atoms. The van der Waals surface area contributed by atoms with Crippen LogP contribution in [0.1, 0.15) is 29.5 Å². The first-order chi connectivity index (χ1) is 13.1. The monoisotopic (exact) mass is 367 g/mol. The molecule has 1 aliphatic rings. The first kappa shape index (κ1) is 19.5. The van der Waals surface area contributed by atoms with E-state index in [1.807, 2.05) is 24.3 Å². The Kier molecular flexibility index (Phi) is 6.19. The number of ether oxygens (including phenoxy) is 2. The Hall–Kier alpha value is -2.30. The molecule has 4 heteroatoms. The predicted octanol–water partition coefficient (Wildman–Crippen LogP) is 4.05. The maximum Gasteiger partial charge on any atom is 0.166 e. The molecule has 27 heavy (non-hydrogen) atoms. The fraction of sp³-hybridized carbons (Fsp3) is 0.391. The van der Waals surface area contributed by atoms with Gasteiger partial charge in [-0.3, -0.25) is 4.90 Å². The standard InChI is InChI=1S/C23H29NO3/c1-4-15-27-22-19(8-6-10-21(22)26-3)17-24-13-11-23(25,12-14-24)20-9-5-7-18(2)16-20/h4-10,16,25H,1,11-15,17H2,2-3H3. The molecule has 2 aromatic carbocycles. The van der Waals surface area contributed by atoms with Gasteiger partial charge in [-0.05, 0) is 31.4 Å². The molecule has 2 aromatic rings. The molecule has 0 unspecified atom stereocenters. The molecule has 1 fully saturated rings. The average Bonchev–Trinajstić information content (AvgIpc) is 2.68. The summed E-state index contributed by atoms with van der Waals surface area (Å²) in [6.45, 7) is 8.68. The van der Waals surface area contributed by atoms with E-state index in [0.29, 0.717) is 6.61 Å². The summed E-state index contributed by atoms with van der Waals surface area (Å²) in [6, 6.07) is 14.2. The van der Waals surface area contributed by atoms with Crippen LogP contribution in [-0.4, -0.2) is 36.8 Å². The van der Waals surface area contributed by atoms with Crippen molar-refractivity contribution in [2.24, 2.45) is 0 Å². The lowest BCUT2D eigenvalue weighted by Crippen LogP contribution is -2.42. The largest absolute Gasteiger partial charge is 0.493 e. The second-order valence-corrected chi connectivity index (χ2v) is 7.23. The van der Waals surface area contributed by atoms with Crippen molar-refractivity contribution < 1.29 is 14.6 Å². The third-order valence-corrected chi connectivity index (χ3v) is 5.26. The van der Waals surface area contributed by atoms with E-state index in [4.69, 9.17) is 9.47 Å². The number of para-hydroxylation sites is 1. The van der Waals surface area contributed by atoms with Crippen LogP contribution in [0.2, 0.25) is 0 Å². The minimum absolute atomic E-state index is 0.445. The molecule has 0 spiro atoms. The molecule has 0 amide bonds. The zero-order valence-corrected chi connectivity index (χ0v) is 16.3. The van der Waals surface area contributed by atoms with Gasteiger partial charge >= 0.3 is 0 Å². The van der Waals surface area contributed by atoms with Gasteiger partial charge in [-0.2, -0.15) is 0 Å². The molecule has 1 N–H and O–H groups in total. The molecule has 0 saturated carbocycles. The van der Waals surface area contributed by atoms with Crippen LogP contribution in [-0.2, 0) is 12.1 Å². The molecule has 1 saturated heterocycles. The first-order valence-electron chi connectivity index (χ1n) is 9.47. The highest BCUT2D eigenvalue weighted by Crippen LogP contribution is 2.36. The Labute approximate surface area is 162 Å². The summed E-state index contributed by atoms with van der Waals surface area (Å²) < 4.78 is 11.3. The van der Waals surface area contributed by atoms with Gasteiger partial charge in [0.1, 0.15) is 6.61 Å². The van der Waals surface area contributed by atoms with Crippen LogP contribution in [0.25, 0.3) is 0 Å². The van der Waals surface area contributed by atoms with Crippen LogP contribution in [0.5, 0.6) is 11.5 Å². The molecule has 4 nitrogen and oxygen atoms in total. The Morgan fingerprint density at radius 1 is 1.19 bits per heavy atom. The maximum absolute atomic E-state index is 11.1. The summed E-state index contributed by atoms with van der Waals surface area (Å²) >= 11 is 0. The molecular weight excluding hydrogens is 338 g/mol. The average molecular weight is 367 g/mol. The number of benzene rings is 2. The van der Waals surface area contributed by atoms with Crippen molar-refractivity contribution in [1.29, 1.82) is 0 Å². The highest BCUT2D eigenvalue weighted by Gasteiger charge is 2.34. The second-order valence-electron chi connectivity index (χ2n) is 7.23. The molecule has 3 rings (SSSR count). The van der Waals surface area contributed by atoms with Crippen molar-refractivity contribution >= 4 is 0 Å². The summed E-state index contributed by atoms with van der Waals surface area (Å²) in [5.41, 5.74) is 2.57. The third-order valence-electron chi connectivity index (χ3n) is 5.26. The number of nitrogens with zero attached hydrogens (tertiary/aromatic N) is 1. The number of aryl methyl sites for hydroxylation is 1. The Balaban J connectivity index is 1.70. The lowest BCUT2D eigenvalue weighted by atomic mass is 9.84. The van der Waals surface area contributed by atoms with E-state index in [0.717, 1.165) is 55.1 Å². The van der Waals surface area contributed by atoms with E-state index in [1.54, 1.807) is 13.2 Å². The van der Waals surface area contributed by atoms with E-state index in [1.165, 1.54) is 5.56 Å². The zero-order valence-electron chi connectivity index (χ0n) is 16.3. The number of rotatable bonds is 7. The summed E-state index contributed by atoms with van der Waals surface area (Å²) in [5, 5.41) is 11.1. The van der Waals surface area contributed by atoms with Crippen molar-refractivity contribution in [2.45, 2.75) is 31.9 Å².